The van der Waals surface area contributed by atoms with E-state index in [2.05, 4.69) is 5.32 Å². The van der Waals surface area contributed by atoms with Gasteiger partial charge in [0.25, 0.3) is 0 Å². The molecule has 0 unspecified atom stereocenters. The predicted octanol–water partition coefficient (Wildman–Crippen LogP) is 4.65. The topological polar surface area (TPSA) is 66.5 Å². The van der Waals surface area contributed by atoms with Gasteiger partial charge in [0.05, 0.1) is 22.7 Å². The Balaban J connectivity index is 2.21. The van der Waals surface area contributed by atoms with E-state index < -0.39 is 39.9 Å². The summed E-state index contributed by atoms with van der Waals surface area (Å²) in [6.07, 6.45) is -4.64. The van der Waals surface area contributed by atoms with E-state index in [4.69, 9.17) is 0 Å². The summed E-state index contributed by atoms with van der Waals surface area (Å²) in [5, 5.41) is 2.17. The highest BCUT2D eigenvalue weighted by atomic mass is 32.2. The van der Waals surface area contributed by atoms with Gasteiger partial charge < -0.3 is 5.32 Å². The average Bonchev–Trinajstić information content (AvgIpc) is 2.65. The van der Waals surface area contributed by atoms with E-state index in [0.717, 1.165) is 22.0 Å². The Kier molecular flexibility index (Phi) is 6.98. The van der Waals surface area contributed by atoms with Gasteiger partial charge >= 0.3 is 6.18 Å². The number of halogens is 3. The fourth-order valence-corrected chi connectivity index (χ4v) is 4.24. The summed E-state index contributed by atoms with van der Waals surface area (Å²) in [6.45, 7) is 6.93. The highest BCUT2D eigenvalue weighted by Gasteiger charge is 2.34. The van der Waals surface area contributed by atoms with Crippen molar-refractivity contribution < 1.29 is 26.4 Å². The predicted molar refractivity (Wildman–Crippen MR) is 110 cm³/mol. The van der Waals surface area contributed by atoms with Crippen molar-refractivity contribution in [3.8, 4) is 0 Å². The molecule has 1 amide bonds. The molecule has 2 rings (SSSR count). The summed E-state index contributed by atoms with van der Waals surface area (Å²) >= 11 is 0. The second kappa shape index (κ2) is 8.77. The van der Waals surface area contributed by atoms with Crippen molar-refractivity contribution in [2.45, 2.75) is 44.2 Å². The number of hydrogen-bond donors (Lipinski definition) is 1. The molecule has 0 spiro atoms. The first-order valence-corrected chi connectivity index (χ1v) is 10.8. The molecule has 0 aliphatic carbocycles. The number of anilines is 1. The first kappa shape index (κ1) is 23.9. The van der Waals surface area contributed by atoms with E-state index in [1.807, 2.05) is 20.8 Å². The zero-order chi connectivity index (χ0) is 22.7. The molecule has 0 heterocycles. The molecule has 0 saturated carbocycles. The number of carbonyl (C=O) groups is 1. The van der Waals surface area contributed by atoms with Gasteiger partial charge in [-0.25, -0.2) is 8.42 Å². The normalized spacial score (nSPS) is 12.8. The van der Waals surface area contributed by atoms with Crippen molar-refractivity contribution in [3.05, 3.63) is 59.7 Å². The number of alkyl halides is 3. The molecule has 0 aromatic heterocycles. The number of nitrogens with zero attached hydrogens (tertiary/aromatic N) is 1. The van der Waals surface area contributed by atoms with E-state index in [1.165, 1.54) is 24.3 Å². The molecule has 2 aromatic rings. The summed E-state index contributed by atoms with van der Waals surface area (Å²) in [5.41, 5.74) is -0.621. The minimum atomic E-state index is -4.64. The molecule has 0 bridgehead atoms. The molecule has 5 nitrogen and oxygen atoms in total. The van der Waals surface area contributed by atoms with Gasteiger partial charge in [0.15, 0.2) is 0 Å². The molecule has 9 heteroatoms. The van der Waals surface area contributed by atoms with E-state index in [-0.39, 0.29) is 16.9 Å². The van der Waals surface area contributed by atoms with E-state index >= 15 is 0 Å². The summed E-state index contributed by atoms with van der Waals surface area (Å²) < 4.78 is 66.0. The molecular formula is C21H25F3N2O3S. The number of nitrogens with one attached hydrogen (secondary N) is 1. The lowest BCUT2D eigenvalue weighted by atomic mass is 9.87. The first-order valence-electron chi connectivity index (χ1n) is 9.33. The number of para-hydroxylation sites is 1. The Morgan fingerprint density at radius 3 is 2.07 bits per heavy atom. The van der Waals surface area contributed by atoms with Gasteiger partial charge in [-0.1, -0.05) is 52.0 Å². The number of benzene rings is 2. The Morgan fingerprint density at radius 1 is 1.00 bits per heavy atom. The Labute approximate surface area is 175 Å². The lowest BCUT2D eigenvalue weighted by Gasteiger charge is -2.22. The minimum absolute atomic E-state index is 0.0147. The van der Waals surface area contributed by atoms with Gasteiger partial charge in [-0.15, -0.1) is 0 Å². The van der Waals surface area contributed by atoms with Crippen LogP contribution in [-0.2, 0) is 26.4 Å². The minimum Gasteiger partial charge on any atom is -0.324 e. The van der Waals surface area contributed by atoms with Gasteiger partial charge in [0, 0.05) is 6.54 Å². The summed E-state index contributed by atoms with van der Waals surface area (Å²) in [6, 6.07) is 10.9. The van der Waals surface area contributed by atoms with Crippen LogP contribution in [0.5, 0.6) is 0 Å². The third-order valence-corrected chi connectivity index (χ3v) is 6.47. The monoisotopic (exact) mass is 442 g/mol. The third-order valence-electron chi connectivity index (χ3n) is 4.54. The van der Waals surface area contributed by atoms with E-state index in [1.54, 1.807) is 19.1 Å². The number of rotatable bonds is 6. The molecular weight excluding hydrogens is 417 g/mol. The van der Waals surface area contributed by atoms with Crippen LogP contribution in [0, 0.1) is 0 Å². The second-order valence-electron chi connectivity index (χ2n) is 7.80. The van der Waals surface area contributed by atoms with Crippen LogP contribution in [0.25, 0.3) is 0 Å². The zero-order valence-electron chi connectivity index (χ0n) is 17.2. The number of likely N-dealkylation sites (N-methyl/N-ethyl adjacent to an activating group) is 1. The maximum atomic E-state index is 13.1. The lowest BCUT2D eigenvalue weighted by Crippen LogP contribution is -2.38. The second-order valence-corrected chi connectivity index (χ2v) is 9.74. The summed E-state index contributed by atoms with van der Waals surface area (Å²) in [4.78, 5) is 12.4. The van der Waals surface area contributed by atoms with Crippen LogP contribution in [0.3, 0.4) is 0 Å². The van der Waals surface area contributed by atoms with Crippen molar-refractivity contribution in [1.82, 2.24) is 4.31 Å². The maximum Gasteiger partial charge on any atom is 0.418 e. The summed E-state index contributed by atoms with van der Waals surface area (Å²) in [5.74, 6) is -0.858. The van der Waals surface area contributed by atoms with Gasteiger partial charge in [0.1, 0.15) is 0 Å². The van der Waals surface area contributed by atoms with Crippen LogP contribution in [-0.4, -0.2) is 31.7 Å². The molecule has 2 aromatic carbocycles. The fraction of sp³-hybridized carbons (Fsp3) is 0.381. The van der Waals surface area contributed by atoms with Gasteiger partial charge in [-0.3, -0.25) is 4.79 Å². The standard InChI is InChI=1S/C21H25F3N2O3S/c1-5-26(30(28,29)16-12-10-15(11-13-16)20(2,3)4)14-19(27)25-18-9-7-6-8-17(18)21(22,23)24/h6-13H,5,14H2,1-4H3,(H,25,27). The van der Waals surface area contributed by atoms with Crippen LogP contribution in [0.1, 0.15) is 38.8 Å². The number of hydrogen-bond acceptors (Lipinski definition) is 3. The first-order chi connectivity index (χ1) is 13.8. The zero-order valence-corrected chi connectivity index (χ0v) is 18.1. The molecule has 164 valence electrons. The van der Waals surface area contributed by atoms with E-state index in [0.29, 0.717) is 0 Å². The molecule has 0 fully saturated rings. The van der Waals surface area contributed by atoms with Gasteiger partial charge in [-0.05, 0) is 35.2 Å². The summed E-state index contributed by atoms with van der Waals surface area (Å²) in [7, 11) is -3.99. The molecule has 0 aliphatic rings. The highest BCUT2D eigenvalue weighted by molar-refractivity contribution is 7.89. The lowest BCUT2D eigenvalue weighted by molar-refractivity contribution is -0.137. The number of amides is 1. The van der Waals surface area contributed by atoms with Crippen molar-refractivity contribution in [3.63, 3.8) is 0 Å². The van der Waals surface area contributed by atoms with Crippen molar-refractivity contribution >= 4 is 21.6 Å². The van der Waals surface area contributed by atoms with Crippen molar-refractivity contribution in [2.24, 2.45) is 0 Å². The molecule has 0 radical (unpaired) electrons. The molecule has 0 saturated heterocycles. The van der Waals surface area contributed by atoms with Crippen LogP contribution >= 0.6 is 0 Å². The number of carbonyl (C=O) groups excluding carboxylic acids is 1. The highest BCUT2D eigenvalue weighted by Crippen LogP contribution is 2.34. The average molecular weight is 443 g/mol. The smallest absolute Gasteiger partial charge is 0.324 e. The Morgan fingerprint density at radius 2 is 1.57 bits per heavy atom. The van der Waals surface area contributed by atoms with Crippen LogP contribution in [0.4, 0.5) is 18.9 Å². The molecule has 0 atom stereocenters. The van der Waals surface area contributed by atoms with E-state index in [9.17, 15) is 26.4 Å². The van der Waals surface area contributed by atoms with Crippen LogP contribution in [0.2, 0.25) is 0 Å². The largest absolute Gasteiger partial charge is 0.418 e. The fourth-order valence-electron chi connectivity index (χ4n) is 2.83. The Hall–Kier alpha value is -2.39. The van der Waals surface area contributed by atoms with Gasteiger partial charge in [0.2, 0.25) is 15.9 Å². The Bertz CT molecular complexity index is 995. The number of sulfonamides is 1. The maximum absolute atomic E-state index is 13.1. The van der Waals surface area contributed by atoms with Gasteiger partial charge in [-0.2, -0.15) is 17.5 Å². The molecule has 30 heavy (non-hydrogen) atoms. The molecule has 1 N–H and O–H groups in total. The quantitative estimate of drug-likeness (QED) is 0.708. The van der Waals surface area contributed by atoms with Crippen molar-refractivity contribution in [2.75, 3.05) is 18.4 Å². The van der Waals surface area contributed by atoms with Crippen LogP contribution < -0.4 is 5.32 Å². The van der Waals surface area contributed by atoms with Crippen LogP contribution in [0.15, 0.2) is 53.4 Å². The SMILES string of the molecule is CCN(CC(=O)Nc1ccccc1C(F)(F)F)S(=O)(=O)c1ccc(C(C)(C)C)cc1. The third kappa shape index (κ3) is 5.60. The van der Waals surface area contributed by atoms with Crippen molar-refractivity contribution in [1.29, 1.82) is 0 Å². The molecule has 0 aliphatic heterocycles.